The molecule has 1 unspecified atom stereocenters. The Balaban J connectivity index is 1.56. The summed E-state index contributed by atoms with van der Waals surface area (Å²) in [5.74, 6) is 0.810. The molecule has 0 saturated heterocycles. The molecule has 21 heavy (non-hydrogen) atoms. The van der Waals surface area contributed by atoms with Crippen LogP contribution >= 0.6 is 0 Å². The quantitative estimate of drug-likeness (QED) is 0.929. The minimum absolute atomic E-state index is 0.139. The summed E-state index contributed by atoms with van der Waals surface area (Å²) in [6, 6.07) is 5.11. The maximum absolute atomic E-state index is 13.6. The molecular formula is C15H20FN5. The summed E-state index contributed by atoms with van der Waals surface area (Å²) in [7, 11) is 0. The van der Waals surface area contributed by atoms with Gasteiger partial charge in [-0.25, -0.2) is 4.39 Å². The van der Waals surface area contributed by atoms with Crippen LogP contribution in [0.2, 0.25) is 0 Å². The first-order valence-electron chi connectivity index (χ1n) is 7.24. The third-order valence-electron chi connectivity index (χ3n) is 4.10. The van der Waals surface area contributed by atoms with E-state index in [0.29, 0.717) is 5.56 Å². The lowest BCUT2D eigenvalue weighted by atomic mass is 10.0. The van der Waals surface area contributed by atoms with Gasteiger partial charge in [-0.1, -0.05) is 12.1 Å². The van der Waals surface area contributed by atoms with E-state index >= 15 is 0 Å². The molecule has 2 heterocycles. The van der Waals surface area contributed by atoms with Crippen LogP contribution in [0.25, 0.3) is 0 Å². The number of hydrogen-bond donors (Lipinski definition) is 1. The maximum Gasteiger partial charge on any atom is 0.147 e. The van der Waals surface area contributed by atoms with Crippen LogP contribution in [0.1, 0.15) is 29.4 Å². The average molecular weight is 289 g/mol. The Morgan fingerprint density at radius 3 is 3.05 bits per heavy atom. The summed E-state index contributed by atoms with van der Waals surface area (Å²) in [6.07, 6.45) is 2.57. The number of halogens is 1. The lowest BCUT2D eigenvalue weighted by molar-refractivity contribution is 0.210. The molecule has 0 amide bonds. The second-order valence-electron chi connectivity index (χ2n) is 5.62. The summed E-state index contributed by atoms with van der Waals surface area (Å²) in [4.78, 5) is 2.31. The van der Waals surface area contributed by atoms with Crippen molar-refractivity contribution in [2.45, 2.75) is 32.5 Å². The van der Waals surface area contributed by atoms with E-state index in [2.05, 4.69) is 19.7 Å². The van der Waals surface area contributed by atoms with Gasteiger partial charge in [-0.3, -0.25) is 4.90 Å². The molecule has 0 fully saturated rings. The topological polar surface area (TPSA) is 60.0 Å². The lowest BCUT2D eigenvalue weighted by Gasteiger charge is -2.27. The monoisotopic (exact) mass is 289 g/mol. The molecule has 3 rings (SSSR count). The van der Waals surface area contributed by atoms with Gasteiger partial charge in [-0.2, -0.15) is 0 Å². The fourth-order valence-electron chi connectivity index (χ4n) is 2.64. The Kier molecular flexibility index (Phi) is 3.98. The third-order valence-corrected chi connectivity index (χ3v) is 4.10. The second kappa shape index (κ2) is 5.91. The first-order chi connectivity index (χ1) is 10.1. The minimum atomic E-state index is -0.186. The smallest absolute Gasteiger partial charge is 0.147 e. The van der Waals surface area contributed by atoms with Crippen LogP contribution in [0.3, 0.4) is 0 Å². The molecule has 1 aromatic carbocycles. The standard InChI is InChI=1S/C15H20FN5/c1-11-2-3-12(8-13(11)16)14(17)4-5-20-6-7-21-10-18-19-15(21)9-20/h2-3,8,10,14H,4-7,9,17H2,1H3. The van der Waals surface area contributed by atoms with Crippen LogP contribution in [0.15, 0.2) is 24.5 Å². The second-order valence-corrected chi connectivity index (χ2v) is 5.62. The van der Waals surface area contributed by atoms with E-state index in [1.165, 1.54) is 0 Å². The van der Waals surface area contributed by atoms with Crippen LogP contribution in [0.5, 0.6) is 0 Å². The van der Waals surface area contributed by atoms with Gasteiger partial charge in [-0.05, 0) is 30.5 Å². The van der Waals surface area contributed by atoms with Gasteiger partial charge in [0.2, 0.25) is 0 Å². The van der Waals surface area contributed by atoms with E-state index in [0.717, 1.165) is 44.0 Å². The van der Waals surface area contributed by atoms with Crippen molar-refractivity contribution in [1.29, 1.82) is 0 Å². The molecule has 2 aromatic rings. The molecule has 1 aromatic heterocycles. The molecule has 6 heteroatoms. The van der Waals surface area contributed by atoms with Crippen LogP contribution in [0, 0.1) is 12.7 Å². The highest BCUT2D eigenvalue weighted by atomic mass is 19.1. The van der Waals surface area contributed by atoms with Gasteiger partial charge in [0, 0.05) is 25.7 Å². The van der Waals surface area contributed by atoms with Crippen molar-refractivity contribution in [3.05, 3.63) is 47.3 Å². The van der Waals surface area contributed by atoms with Gasteiger partial charge in [0.05, 0.1) is 6.54 Å². The van der Waals surface area contributed by atoms with E-state index in [1.807, 2.05) is 6.07 Å². The highest BCUT2D eigenvalue weighted by Crippen LogP contribution is 2.19. The van der Waals surface area contributed by atoms with Crippen LogP contribution in [-0.2, 0) is 13.1 Å². The lowest BCUT2D eigenvalue weighted by Crippen LogP contribution is -2.35. The van der Waals surface area contributed by atoms with E-state index < -0.39 is 0 Å². The Bertz CT molecular complexity index is 624. The van der Waals surface area contributed by atoms with E-state index in [-0.39, 0.29) is 11.9 Å². The van der Waals surface area contributed by atoms with Crippen molar-refractivity contribution in [3.8, 4) is 0 Å². The number of aromatic nitrogens is 3. The van der Waals surface area contributed by atoms with Crippen molar-refractivity contribution < 1.29 is 4.39 Å². The Morgan fingerprint density at radius 1 is 1.38 bits per heavy atom. The molecule has 0 spiro atoms. The summed E-state index contributed by atoms with van der Waals surface area (Å²) < 4.78 is 15.7. The number of hydrogen-bond acceptors (Lipinski definition) is 4. The number of fused-ring (bicyclic) bond motifs is 1. The summed E-state index contributed by atoms with van der Waals surface area (Å²) in [5.41, 5.74) is 7.69. The molecule has 1 aliphatic heterocycles. The molecule has 0 aliphatic carbocycles. The van der Waals surface area contributed by atoms with E-state index in [4.69, 9.17) is 5.73 Å². The largest absolute Gasteiger partial charge is 0.324 e. The number of nitrogens with two attached hydrogens (primary N) is 1. The third kappa shape index (κ3) is 3.11. The fourth-order valence-corrected chi connectivity index (χ4v) is 2.64. The number of rotatable bonds is 4. The molecule has 0 saturated carbocycles. The average Bonchev–Trinajstić information content (AvgIpc) is 2.95. The summed E-state index contributed by atoms with van der Waals surface area (Å²) in [6.45, 7) is 5.32. The summed E-state index contributed by atoms with van der Waals surface area (Å²) >= 11 is 0. The molecule has 112 valence electrons. The number of aryl methyl sites for hydroxylation is 1. The fraction of sp³-hybridized carbons (Fsp3) is 0.467. The minimum Gasteiger partial charge on any atom is -0.324 e. The van der Waals surface area contributed by atoms with Crippen molar-refractivity contribution in [3.63, 3.8) is 0 Å². The van der Waals surface area contributed by atoms with Crippen molar-refractivity contribution in [2.75, 3.05) is 13.1 Å². The SMILES string of the molecule is Cc1ccc(C(N)CCN2CCn3cnnc3C2)cc1F. The van der Waals surface area contributed by atoms with E-state index in [1.54, 1.807) is 25.4 Å². The van der Waals surface area contributed by atoms with Crippen molar-refractivity contribution >= 4 is 0 Å². The normalized spacial score (nSPS) is 16.7. The highest BCUT2D eigenvalue weighted by molar-refractivity contribution is 5.25. The molecular weight excluding hydrogens is 269 g/mol. The van der Waals surface area contributed by atoms with E-state index in [9.17, 15) is 4.39 Å². The number of benzene rings is 1. The van der Waals surface area contributed by atoms with Gasteiger partial charge in [0.25, 0.3) is 0 Å². The van der Waals surface area contributed by atoms with Gasteiger partial charge in [-0.15, -0.1) is 10.2 Å². The summed E-state index contributed by atoms with van der Waals surface area (Å²) in [5, 5.41) is 8.02. The molecule has 1 aliphatic rings. The van der Waals surface area contributed by atoms with Crippen molar-refractivity contribution in [1.82, 2.24) is 19.7 Å². The molecule has 2 N–H and O–H groups in total. The van der Waals surface area contributed by atoms with Gasteiger partial charge < -0.3 is 10.3 Å². The molecule has 1 atom stereocenters. The van der Waals surface area contributed by atoms with Gasteiger partial charge >= 0.3 is 0 Å². The highest BCUT2D eigenvalue weighted by Gasteiger charge is 2.18. The predicted octanol–water partition coefficient (Wildman–Crippen LogP) is 1.63. The zero-order chi connectivity index (χ0) is 14.8. The van der Waals surface area contributed by atoms with Crippen molar-refractivity contribution in [2.24, 2.45) is 5.73 Å². The first-order valence-corrected chi connectivity index (χ1v) is 7.24. The predicted molar refractivity (Wildman–Crippen MR) is 78.0 cm³/mol. The molecule has 0 radical (unpaired) electrons. The van der Waals surface area contributed by atoms with Gasteiger partial charge in [0.15, 0.2) is 0 Å². The Morgan fingerprint density at radius 2 is 2.24 bits per heavy atom. The van der Waals surface area contributed by atoms with Crippen LogP contribution in [-0.4, -0.2) is 32.8 Å². The van der Waals surface area contributed by atoms with Crippen LogP contribution < -0.4 is 5.73 Å². The maximum atomic E-state index is 13.6. The zero-order valence-corrected chi connectivity index (χ0v) is 12.2. The molecule has 5 nitrogen and oxygen atoms in total. The molecule has 0 bridgehead atoms. The van der Waals surface area contributed by atoms with Gasteiger partial charge in [0.1, 0.15) is 18.0 Å². The first kappa shape index (κ1) is 14.2. The Hall–Kier alpha value is -1.79. The van der Waals surface area contributed by atoms with Crippen LogP contribution in [0.4, 0.5) is 4.39 Å². The zero-order valence-electron chi connectivity index (χ0n) is 12.2. The Labute approximate surface area is 123 Å². The number of nitrogens with zero attached hydrogens (tertiary/aromatic N) is 4.